The highest BCUT2D eigenvalue weighted by atomic mass is 32.2. The molecule has 0 bridgehead atoms. The van der Waals surface area contributed by atoms with Crippen molar-refractivity contribution in [3.05, 3.63) is 58.7 Å². The van der Waals surface area contributed by atoms with E-state index in [1.165, 1.54) is 11.6 Å². The molecule has 2 aromatic carbocycles. The molecule has 0 aliphatic heterocycles. The Balaban J connectivity index is 2.17. The van der Waals surface area contributed by atoms with Crippen molar-refractivity contribution in [2.75, 3.05) is 5.73 Å². The minimum Gasteiger partial charge on any atom is -0.397 e. The van der Waals surface area contributed by atoms with Crippen LogP contribution in [0.4, 0.5) is 5.69 Å². The average Bonchev–Trinajstić information content (AvgIpc) is 2.36. The van der Waals surface area contributed by atoms with Gasteiger partial charge in [0.15, 0.2) is 0 Å². The van der Waals surface area contributed by atoms with E-state index < -0.39 is 10.1 Å². The minimum absolute atomic E-state index is 0.162. The molecule has 0 saturated carbocycles. The Morgan fingerprint density at radius 2 is 1.58 bits per heavy atom. The topological polar surface area (TPSA) is 80.4 Å². The number of anilines is 1. The molecule has 0 heterocycles. The van der Waals surface area contributed by atoms with Crippen LogP contribution in [0.25, 0.3) is 0 Å². The lowest BCUT2D eigenvalue weighted by molar-refractivity contribution is 0.483. The zero-order valence-electron chi connectivity index (χ0n) is 10.1. The number of nitrogen functional groups attached to an aromatic ring is 1. The average molecular weight is 275 g/mol. The Hall–Kier alpha value is -1.85. The first-order chi connectivity index (χ1) is 8.97. The summed E-state index contributed by atoms with van der Waals surface area (Å²) < 4.78 is 31.7. The van der Waals surface area contributed by atoms with E-state index >= 15 is 0 Å². The Morgan fingerprint density at radius 1 is 0.947 bits per heavy atom. The molecule has 0 atom stereocenters. The Labute approximate surface area is 111 Å². The Bertz CT molecular complexity index is 766. The van der Waals surface area contributed by atoms with Gasteiger partial charge in [-0.1, -0.05) is 30.3 Å². The molecule has 98 valence electrons. The molecule has 1 aliphatic carbocycles. The first-order valence-electron chi connectivity index (χ1n) is 5.91. The van der Waals surface area contributed by atoms with Crippen LogP contribution < -0.4 is 5.73 Å². The molecular weight excluding hydrogens is 262 g/mol. The molecule has 19 heavy (non-hydrogen) atoms. The van der Waals surface area contributed by atoms with E-state index in [4.69, 9.17) is 10.3 Å². The first-order valence-corrected chi connectivity index (χ1v) is 7.35. The third-order valence-corrected chi connectivity index (χ3v) is 4.47. The summed E-state index contributed by atoms with van der Waals surface area (Å²) in [7, 11) is -4.27. The van der Waals surface area contributed by atoms with E-state index in [1.54, 1.807) is 6.07 Å². The summed E-state index contributed by atoms with van der Waals surface area (Å²) >= 11 is 0. The van der Waals surface area contributed by atoms with Crippen LogP contribution in [0, 0.1) is 0 Å². The van der Waals surface area contributed by atoms with Crippen LogP contribution in [-0.2, 0) is 23.0 Å². The van der Waals surface area contributed by atoms with E-state index in [0.29, 0.717) is 6.42 Å². The van der Waals surface area contributed by atoms with Gasteiger partial charge in [-0.3, -0.25) is 4.55 Å². The fraction of sp³-hybridized carbons (Fsp3) is 0.143. The Morgan fingerprint density at radius 3 is 2.21 bits per heavy atom. The van der Waals surface area contributed by atoms with Crippen molar-refractivity contribution in [3.63, 3.8) is 0 Å². The lowest BCUT2D eigenvalue weighted by Crippen LogP contribution is -2.13. The van der Waals surface area contributed by atoms with Crippen LogP contribution in [0.1, 0.15) is 22.3 Å². The van der Waals surface area contributed by atoms with Crippen molar-refractivity contribution in [2.24, 2.45) is 0 Å². The maximum Gasteiger partial charge on any atom is 0.296 e. The van der Waals surface area contributed by atoms with Crippen molar-refractivity contribution < 1.29 is 13.0 Å². The number of rotatable bonds is 1. The lowest BCUT2D eigenvalue weighted by atomic mass is 9.85. The first kappa shape index (κ1) is 12.2. The zero-order valence-corrected chi connectivity index (χ0v) is 10.9. The van der Waals surface area contributed by atoms with Crippen molar-refractivity contribution >= 4 is 15.8 Å². The predicted molar refractivity (Wildman–Crippen MR) is 72.7 cm³/mol. The zero-order chi connectivity index (χ0) is 13.6. The van der Waals surface area contributed by atoms with Crippen molar-refractivity contribution in [3.8, 4) is 0 Å². The van der Waals surface area contributed by atoms with Crippen LogP contribution >= 0.6 is 0 Å². The fourth-order valence-electron chi connectivity index (χ4n) is 2.59. The third-order valence-electron chi connectivity index (χ3n) is 3.56. The normalized spacial score (nSPS) is 13.7. The molecule has 3 N–H and O–H groups in total. The smallest absolute Gasteiger partial charge is 0.296 e. The van der Waals surface area contributed by atoms with Crippen molar-refractivity contribution in [2.45, 2.75) is 17.7 Å². The van der Waals surface area contributed by atoms with E-state index in [2.05, 4.69) is 6.07 Å². The largest absolute Gasteiger partial charge is 0.397 e. The number of nitrogens with two attached hydrogens (primary N) is 1. The maximum absolute atomic E-state index is 11.3. The minimum atomic E-state index is -4.27. The predicted octanol–water partition coefficient (Wildman–Crippen LogP) is 2.01. The van der Waals surface area contributed by atoms with Gasteiger partial charge in [0.25, 0.3) is 10.1 Å². The van der Waals surface area contributed by atoms with Gasteiger partial charge in [-0.25, -0.2) is 0 Å². The summed E-state index contributed by atoms with van der Waals surface area (Å²) in [4.78, 5) is -0.203. The second-order valence-corrected chi connectivity index (χ2v) is 6.10. The molecular formula is C14H13NO3S. The molecule has 0 fully saturated rings. The highest BCUT2D eigenvalue weighted by Crippen LogP contribution is 2.33. The molecule has 4 nitrogen and oxygen atoms in total. The molecule has 2 aromatic rings. The molecule has 3 rings (SSSR count). The van der Waals surface area contributed by atoms with Crippen molar-refractivity contribution in [1.82, 2.24) is 0 Å². The molecule has 0 spiro atoms. The quantitative estimate of drug-likeness (QED) is 0.526. The lowest BCUT2D eigenvalue weighted by Gasteiger charge is -2.22. The summed E-state index contributed by atoms with van der Waals surface area (Å²) in [5.41, 5.74) is 10.3. The van der Waals surface area contributed by atoms with Gasteiger partial charge in [0.1, 0.15) is 4.90 Å². The van der Waals surface area contributed by atoms with E-state index in [0.717, 1.165) is 23.1 Å². The molecule has 0 aromatic heterocycles. The van der Waals surface area contributed by atoms with E-state index in [9.17, 15) is 8.42 Å². The molecule has 0 unspecified atom stereocenters. The van der Waals surface area contributed by atoms with Gasteiger partial charge in [0.2, 0.25) is 0 Å². The fourth-order valence-corrected chi connectivity index (χ4v) is 3.23. The van der Waals surface area contributed by atoms with Crippen LogP contribution in [-0.4, -0.2) is 13.0 Å². The van der Waals surface area contributed by atoms with E-state index in [-0.39, 0.29) is 10.6 Å². The summed E-state index contributed by atoms with van der Waals surface area (Å²) in [5, 5.41) is 0. The highest BCUT2D eigenvalue weighted by Gasteiger charge is 2.22. The van der Waals surface area contributed by atoms with Gasteiger partial charge >= 0.3 is 0 Å². The summed E-state index contributed by atoms with van der Waals surface area (Å²) in [6.45, 7) is 0. The number of hydrogen-bond acceptors (Lipinski definition) is 3. The van der Waals surface area contributed by atoms with Gasteiger partial charge in [-0.15, -0.1) is 0 Å². The van der Waals surface area contributed by atoms with Gasteiger partial charge in [-0.2, -0.15) is 8.42 Å². The van der Waals surface area contributed by atoms with Gasteiger partial charge < -0.3 is 5.73 Å². The number of hydrogen-bond donors (Lipinski definition) is 2. The summed E-state index contributed by atoms with van der Waals surface area (Å²) in [5.74, 6) is 0. The second-order valence-electron chi connectivity index (χ2n) is 4.71. The molecule has 0 radical (unpaired) electrons. The number of fused-ring (bicyclic) bond motifs is 2. The monoisotopic (exact) mass is 275 g/mol. The van der Waals surface area contributed by atoms with Gasteiger partial charge in [0.05, 0.1) is 5.69 Å². The van der Waals surface area contributed by atoms with Crippen LogP contribution in [0.5, 0.6) is 0 Å². The summed E-state index contributed by atoms with van der Waals surface area (Å²) in [6, 6.07) is 11.1. The van der Waals surface area contributed by atoms with Crippen LogP contribution in [0.15, 0.2) is 41.3 Å². The SMILES string of the molecule is Nc1c(S(=O)(=O)O)ccc2c1Cc1ccccc1C2. The molecule has 0 amide bonds. The second kappa shape index (κ2) is 4.08. The Kier molecular flexibility index (Phi) is 2.62. The van der Waals surface area contributed by atoms with Crippen LogP contribution in [0.2, 0.25) is 0 Å². The third kappa shape index (κ3) is 2.01. The van der Waals surface area contributed by atoms with Crippen LogP contribution in [0.3, 0.4) is 0 Å². The van der Waals surface area contributed by atoms with Gasteiger partial charge in [-0.05, 0) is 34.7 Å². The van der Waals surface area contributed by atoms with E-state index in [1.807, 2.05) is 18.2 Å². The standard InChI is InChI=1S/C14H13NO3S/c15-14-12-8-10-4-2-1-3-9(10)7-11(12)5-6-13(14)19(16,17)18/h1-6H,7-8,15H2,(H,16,17,18). The molecule has 1 aliphatic rings. The number of benzene rings is 2. The maximum atomic E-state index is 11.3. The summed E-state index contributed by atoms with van der Waals surface area (Å²) in [6.07, 6.45) is 1.34. The van der Waals surface area contributed by atoms with Crippen molar-refractivity contribution in [1.29, 1.82) is 0 Å². The molecule has 5 heteroatoms. The highest BCUT2D eigenvalue weighted by molar-refractivity contribution is 7.86. The molecule has 0 saturated heterocycles. The van der Waals surface area contributed by atoms with Gasteiger partial charge in [0, 0.05) is 6.42 Å².